The van der Waals surface area contributed by atoms with Crippen molar-refractivity contribution in [3.05, 3.63) is 116 Å². The van der Waals surface area contributed by atoms with Crippen LogP contribution in [0.25, 0.3) is 10.9 Å². The average Bonchev–Trinajstić information content (AvgIpc) is 2.79. The maximum atomic E-state index is 13.2. The van der Waals surface area contributed by atoms with Crippen molar-refractivity contribution in [2.75, 3.05) is 0 Å². The third kappa shape index (κ3) is 4.59. The summed E-state index contributed by atoms with van der Waals surface area (Å²) in [4.78, 5) is 38.8. The number of carbonyl (C=O) groups is 1. The molecule has 0 saturated carbocycles. The molecule has 0 spiro atoms. The molecule has 0 radical (unpaired) electrons. The predicted octanol–water partition coefficient (Wildman–Crippen LogP) is 3.18. The van der Waals surface area contributed by atoms with Crippen molar-refractivity contribution in [2.24, 2.45) is 0 Å². The molecular formula is C24H20ClN3O3. The van der Waals surface area contributed by atoms with Gasteiger partial charge in [0.05, 0.1) is 17.4 Å². The molecule has 4 rings (SSSR count). The topological polar surface area (TPSA) is 73.1 Å². The fourth-order valence-corrected chi connectivity index (χ4v) is 3.69. The molecule has 3 aromatic carbocycles. The highest BCUT2D eigenvalue weighted by atomic mass is 35.5. The molecule has 0 fully saturated rings. The second-order valence-electron chi connectivity index (χ2n) is 7.17. The average molecular weight is 434 g/mol. The van der Waals surface area contributed by atoms with Crippen LogP contribution in [0.2, 0.25) is 5.02 Å². The SMILES string of the molecule is O=C(Cn1c(=O)n(Cc2cccc(Cl)c2)c(=O)c2ccccc21)NCc1ccccc1. The number of aromatic nitrogens is 2. The van der Waals surface area contributed by atoms with Crippen molar-refractivity contribution < 1.29 is 4.79 Å². The van der Waals surface area contributed by atoms with Gasteiger partial charge in [-0.1, -0.05) is 66.2 Å². The standard InChI is InChI=1S/C24H20ClN3O3/c25-19-10-6-9-18(13-19)15-28-23(30)20-11-4-5-12-21(20)27(24(28)31)16-22(29)26-14-17-7-2-1-3-8-17/h1-13H,14-16H2,(H,26,29). The zero-order valence-corrected chi connectivity index (χ0v) is 17.4. The predicted molar refractivity (Wildman–Crippen MR) is 121 cm³/mol. The zero-order chi connectivity index (χ0) is 21.8. The van der Waals surface area contributed by atoms with Crippen LogP contribution >= 0.6 is 11.6 Å². The summed E-state index contributed by atoms with van der Waals surface area (Å²) < 4.78 is 2.47. The molecule has 1 amide bonds. The van der Waals surface area contributed by atoms with E-state index >= 15 is 0 Å². The van der Waals surface area contributed by atoms with E-state index in [2.05, 4.69) is 5.32 Å². The fraction of sp³-hybridized carbons (Fsp3) is 0.125. The number of nitrogens with zero attached hydrogens (tertiary/aromatic N) is 2. The first-order chi connectivity index (χ1) is 15.0. The molecule has 7 heteroatoms. The third-order valence-corrected chi connectivity index (χ3v) is 5.23. The van der Waals surface area contributed by atoms with E-state index in [1.54, 1.807) is 48.5 Å². The van der Waals surface area contributed by atoms with Crippen molar-refractivity contribution in [2.45, 2.75) is 19.6 Å². The Hall–Kier alpha value is -3.64. The lowest BCUT2D eigenvalue weighted by atomic mass is 10.2. The summed E-state index contributed by atoms with van der Waals surface area (Å²) in [5.74, 6) is -0.316. The lowest BCUT2D eigenvalue weighted by Crippen LogP contribution is -2.42. The lowest BCUT2D eigenvalue weighted by molar-refractivity contribution is -0.121. The highest BCUT2D eigenvalue weighted by molar-refractivity contribution is 6.30. The molecule has 1 aromatic heterocycles. The highest BCUT2D eigenvalue weighted by Crippen LogP contribution is 2.12. The molecule has 0 unspecified atom stereocenters. The molecule has 4 aromatic rings. The molecule has 31 heavy (non-hydrogen) atoms. The monoisotopic (exact) mass is 433 g/mol. The zero-order valence-electron chi connectivity index (χ0n) is 16.6. The number of amides is 1. The van der Waals surface area contributed by atoms with Crippen molar-refractivity contribution in [1.82, 2.24) is 14.5 Å². The van der Waals surface area contributed by atoms with Gasteiger partial charge in [-0.3, -0.25) is 18.7 Å². The van der Waals surface area contributed by atoms with Crippen LogP contribution < -0.4 is 16.6 Å². The Labute approximate surface area is 183 Å². The number of nitrogens with one attached hydrogen (secondary N) is 1. The van der Waals surface area contributed by atoms with E-state index in [4.69, 9.17) is 11.6 Å². The maximum absolute atomic E-state index is 13.2. The third-order valence-electron chi connectivity index (χ3n) is 5.00. The minimum absolute atomic E-state index is 0.0642. The highest BCUT2D eigenvalue weighted by Gasteiger charge is 2.15. The van der Waals surface area contributed by atoms with Crippen LogP contribution in [0.4, 0.5) is 0 Å². The Kier molecular flexibility index (Phi) is 6.00. The van der Waals surface area contributed by atoms with Gasteiger partial charge in [0, 0.05) is 11.6 Å². The normalized spacial score (nSPS) is 10.9. The molecule has 1 heterocycles. The summed E-state index contributed by atoms with van der Waals surface area (Å²) in [5, 5.41) is 3.72. The largest absolute Gasteiger partial charge is 0.350 e. The number of benzene rings is 3. The van der Waals surface area contributed by atoms with Gasteiger partial charge in [-0.15, -0.1) is 0 Å². The Morgan fingerprint density at radius 1 is 0.839 bits per heavy atom. The number of hydrogen-bond donors (Lipinski definition) is 1. The smallest absolute Gasteiger partial charge is 0.332 e. The molecule has 6 nitrogen and oxygen atoms in total. The van der Waals surface area contributed by atoms with Crippen molar-refractivity contribution in [3.8, 4) is 0 Å². The lowest BCUT2D eigenvalue weighted by Gasteiger charge is -2.14. The van der Waals surface area contributed by atoms with Crippen LogP contribution in [0.3, 0.4) is 0 Å². The second kappa shape index (κ2) is 9.02. The van der Waals surface area contributed by atoms with E-state index in [9.17, 15) is 14.4 Å². The number of para-hydroxylation sites is 1. The van der Waals surface area contributed by atoms with E-state index in [1.165, 1.54) is 4.57 Å². The van der Waals surface area contributed by atoms with E-state index in [1.807, 2.05) is 30.3 Å². The van der Waals surface area contributed by atoms with Gasteiger partial charge in [0.25, 0.3) is 5.56 Å². The van der Waals surface area contributed by atoms with Gasteiger partial charge in [0.1, 0.15) is 6.54 Å². The summed E-state index contributed by atoms with van der Waals surface area (Å²) in [5.41, 5.74) is 1.16. The van der Waals surface area contributed by atoms with Crippen LogP contribution in [0.1, 0.15) is 11.1 Å². The fourth-order valence-electron chi connectivity index (χ4n) is 3.48. The molecule has 0 bridgehead atoms. The molecule has 0 saturated heterocycles. The summed E-state index contributed by atoms with van der Waals surface area (Å²) >= 11 is 6.05. The molecule has 0 aliphatic carbocycles. The quantitative estimate of drug-likeness (QED) is 0.507. The summed E-state index contributed by atoms with van der Waals surface area (Å²) in [6.07, 6.45) is 0. The molecular weight excluding hydrogens is 414 g/mol. The van der Waals surface area contributed by atoms with Crippen LogP contribution in [0.5, 0.6) is 0 Å². The van der Waals surface area contributed by atoms with E-state index in [0.717, 1.165) is 15.7 Å². The Morgan fingerprint density at radius 2 is 1.55 bits per heavy atom. The van der Waals surface area contributed by atoms with Gasteiger partial charge in [-0.2, -0.15) is 0 Å². The van der Waals surface area contributed by atoms with E-state index in [0.29, 0.717) is 22.5 Å². The Morgan fingerprint density at radius 3 is 2.32 bits per heavy atom. The maximum Gasteiger partial charge on any atom is 0.332 e. The number of halogens is 1. The van der Waals surface area contributed by atoms with Gasteiger partial charge in [0.2, 0.25) is 5.91 Å². The number of fused-ring (bicyclic) bond motifs is 1. The van der Waals surface area contributed by atoms with Gasteiger partial charge in [0.15, 0.2) is 0 Å². The second-order valence-corrected chi connectivity index (χ2v) is 7.61. The van der Waals surface area contributed by atoms with Crippen LogP contribution in [-0.2, 0) is 24.4 Å². The Bertz CT molecular complexity index is 1360. The van der Waals surface area contributed by atoms with Gasteiger partial charge >= 0.3 is 5.69 Å². The van der Waals surface area contributed by atoms with Crippen LogP contribution in [0.15, 0.2) is 88.5 Å². The molecule has 156 valence electrons. The Balaban J connectivity index is 1.69. The van der Waals surface area contributed by atoms with E-state index < -0.39 is 11.2 Å². The first kappa shape index (κ1) is 20.6. The summed E-state index contributed by atoms with van der Waals surface area (Å²) in [6, 6.07) is 23.3. The molecule has 0 aliphatic rings. The van der Waals surface area contributed by atoms with Crippen molar-refractivity contribution >= 4 is 28.4 Å². The van der Waals surface area contributed by atoms with Crippen LogP contribution in [0, 0.1) is 0 Å². The molecule has 0 aliphatic heterocycles. The first-order valence-corrected chi connectivity index (χ1v) is 10.2. The summed E-state index contributed by atoms with van der Waals surface area (Å²) in [6.45, 7) is 0.227. The minimum atomic E-state index is -0.543. The van der Waals surface area contributed by atoms with Gasteiger partial charge < -0.3 is 5.32 Å². The minimum Gasteiger partial charge on any atom is -0.350 e. The number of rotatable bonds is 6. The van der Waals surface area contributed by atoms with Crippen molar-refractivity contribution in [1.29, 1.82) is 0 Å². The number of carbonyl (C=O) groups excluding carboxylic acids is 1. The van der Waals surface area contributed by atoms with Gasteiger partial charge in [-0.25, -0.2) is 4.79 Å². The first-order valence-electron chi connectivity index (χ1n) is 9.80. The summed E-state index contributed by atoms with van der Waals surface area (Å²) in [7, 11) is 0. The van der Waals surface area contributed by atoms with Crippen molar-refractivity contribution in [3.63, 3.8) is 0 Å². The van der Waals surface area contributed by atoms with Gasteiger partial charge in [-0.05, 0) is 35.4 Å². The molecule has 1 N–H and O–H groups in total. The van der Waals surface area contributed by atoms with Crippen LogP contribution in [-0.4, -0.2) is 15.0 Å². The van der Waals surface area contributed by atoms with E-state index in [-0.39, 0.29) is 19.0 Å². The number of hydrogen-bond acceptors (Lipinski definition) is 3. The molecule has 0 atom stereocenters.